The van der Waals surface area contributed by atoms with Gasteiger partial charge in [0.15, 0.2) is 0 Å². The number of nitrogens with zero attached hydrogens (tertiary/aromatic N) is 1. The minimum Gasteiger partial charge on any atom is -0.373 e. The molecular formula is C18H22N2O. The SMILES string of the molecule is Cc1ccc(C(=O)NCCN(C)c2ccccc2)c(C)c1. The molecule has 0 spiro atoms. The Bertz CT molecular complexity index is 608. The van der Waals surface area contributed by atoms with Crippen molar-refractivity contribution in [3.05, 3.63) is 65.2 Å². The lowest BCUT2D eigenvalue weighted by Crippen LogP contribution is -2.33. The Morgan fingerprint density at radius 3 is 2.48 bits per heavy atom. The average Bonchev–Trinajstić information content (AvgIpc) is 2.47. The normalized spacial score (nSPS) is 10.2. The van der Waals surface area contributed by atoms with E-state index in [0.717, 1.165) is 23.4 Å². The van der Waals surface area contributed by atoms with Crippen molar-refractivity contribution in [3.8, 4) is 0 Å². The van der Waals surface area contributed by atoms with Gasteiger partial charge in [-0.25, -0.2) is 0 Å². The number of aryl methyl sites for hydroxylation is 2. The zero-order valence-corrected chi connectivity index (χ0v) is 12.9. The molecule has 0 aromatic heterocycles. The molecule has 0 atom stereocenters. The fourth-order valence-corrected chi connectivity index (χ4v) is 2.31. The number of para-hydroxylation sites is 1. The molecule has 3 heteroatoms. The summed E-state index contributed by atoms with van der Waals surface area (Å²) in [6.45, 7) is 5.40. The molecular weight excluding hydrogens is 260 g/mol. The van der Waals surface area contributed by atoms with E-state index in [9.17, 15) is 4.79 Å². The van der Waals surface area contributed by atoms with E-state index in [-0.39, 0.29) is 5.91 Å². The molecule has 0 saturated heterocycles. The first-order valence-electron chi connectivity index (χ1n) is 7.19. The van der Waals surface area contributed by atoms with Crippen LogP contribution >= 0.6 is 0 Å². The van der Waals surface area contributed by atoms with Crippen LogP contribution in [-0.4, -0.2) is 26.0 Å². The number of likely N-dealkylation sites (N-methyl/N-ethyl adjacent to an activating group) is 1. The Kier molecular flexibility index (Phi) is 4.99. The number of anilines is 1. The monoisotopic (exact) mass is 282 g/mol. The van der Waals surface area contributed by atoms with Crippen molar-refractivity contribution in [3.63, 3.8) is 0 Å². The number of carbonyl (C=O) groups is 1. The topological polar surface area (TPSA) is 32.3 Å². The van der Waals surface area contributed by atoms with Gasteiger partial charge in [0.05, 0.1) is 0 Å². The fraction of sp³-hybridized carbons (Fsp3) is 0.278. The lowest BCUT2D eigenvalue weighted by molar-refractivity contribution is 0.0954. The quantitative estimate of drug-likeness (QED) is 0.913. The molecule has 0 aliphatic carbocycles. The van der Waals surface area contributed by atoms with E-state index >= 15 is 0 Å². The van der Waals surface area contributed by atoms with Crippen LogP contribution in [0.1, 0.15) is 21.5 Å². The Morgan fingerprint density at radius 1 is 1.10 bits per heavy atom. The molecule has 110 valence electrons. The third-order valence-corrected chi connectivity index (χ3v) is 3.56. The van der Waals surface area contributed by atoms with E-state index in [1.54, 1.807) is 0 Å². The van der Waals surface area contributed by atoms with E-state index in [4.69, 9.17) is 0 Å². The maximum absolute atomic E-state index is 12.2. The first-order valence-corrected chi connectivity index (χ1v) is 7.19. The summed E-state index contributed by atoms with van der Waals surface area (Å²) in [6, 6.07) is 16.0. The summed E-state index contributed by atoms with van der Waals surface area (Å²) < 4.78 is 0. The van der Waals surface area contributed by atoms with E-state index in [1.807, 2.05) is 57.3 Å². The molecule has 0 fully saturated rings. The highest BCUT2D eigenvalue weighted by atomic mass is 16.1. The van der Waals surface area contributed by atoms with Gasteiger partial charge < -0.3 is 10.2 Å². The van der Waals surface area contributed by atoms with Crippen molar-refractivity contribution in [2.24, 2.45) is 0 Å². The third kappa shape index (κ3) is 4.09. The molecule has 0 unspecified atom stereocenters. The number of carbonyl (C=O) groups excluding carboxylic acids is 1. The van der Waals surface area contributed by atoms with Crippen molar-refractivity contribution in [2.45, 2.75) is 13.8 Å². The Balaban J connectivity index is 1.87. The van der Waals surface area contributed by atoms with E-state index < -0.39 is 0 Å². The highest BCUT2D eigenvalue weighted by Crippen LogP contribution is 2.11. The lowest BCUT2D eigenvalue weighted by atomic mass is 10.1. The van der Waals surface area contributed by atoms with Crippen LogP contribution < -0.4 is 10.2 Å². The minimum atomic E-state index is -0.00559. The lowest BCUT2D eigenvalue weighted by Gasteiger charge is -2.19. The van der Waals surface area contributed by atoms with Crippen LogP contribution in [0, 0.1) is 13.8 Å². The Labute approximate surface area is 126 Å². The summed E-state index contributed by atoms with van der Waals surface area (Å²) in [6.07, 6.45) is 0. The number of hydrogen-bond donors (Lipinski definition) is 1. The molecule has 0 bridgehead atoms. The minimum absolute atomic E-state index is 0.00559. The van der Waals surface area contributed by atoms with Gasteiger partial charge in [-0.2, -0.15) is 0 Å². The second kappa shape index (κ2) is 6.93. The molecule has 1 amide bonds. The highest BCUT2D eigenvalue weighted by molar-refractivity contribution is 5.95. The summed E-state index contributed by atoms with van der Waals surface area (Å²) in [5.74, 6) is -0.00559. The smallest absolute Gasteiger partial charge is 0.251 e. The Morgan fingerprint density at radius 2 is 1.81 bits per heavy atom. The molecule has 2 rings (SSSR count). The van der Waals surface area contributed by atoms with Gasteiger partial charge in [-0.05, 0) is 37.6 Å². The van der Waals surface area contributed by atoms with E-state index in [1.165, 1.54) is 5.56 Å². The van der Waals surface area contributed by atoms with Crippen molar-refractivity contribution in [1.29, 1.82) is 0 Å². The van der Waals surface area contributed by atoms with Crippen molar-refractivity contribution in [2.75, 3.05) is 25.0 Å². The van der Waals surface area contributed by atoms with Crippen LogP contribution in [0.15, 0.2) is 48.5 Å². The molecule has 21 heavy (non-hydrogen) atoms. The summed E-state index contributed by atoms with van der Waals surface area (Å²) >= 11 is 0. The second-order valence-corrected chi connectivity index (χ2v) is 5.33. The molecule has 0 saturated carbocycles. The van der Waals surface area contributed by atoms with Gasteiger partial charge >= 0.3 is 0 Å². The van der Waals surface area contributed by atoms with E-state index in [0.29, 0.717) is 6.54 Å². The first kappa shape index (κ1) is 15.1. The molecule has 2 aromatic carbocycles. The van der Waals surface area contributed by atoms with Crippen molar-refractivity contribution < 1.29 is 4.79 Å². The maximum Gasteiger partial charge on any atom is 0.251 e. The summed E-state index contributed by atoms with van der Waals surface area (Å²) in [5.41, 5.74) is 4.10. The molecule has 2 aromatic rings. The number of benzene rings is 2. The number of nitrogens with one attached hydrogen (secondary N) is 1. The van der Waals surface area contributed by atoms with Crippen LogP contribution in [0.2, 0.25) is 0 Å². The standard InChI is InChI=1S/C18H22N2O/c1-14-9-10-17(15(2)13-14)18(21)19-11-12-20(3)16-7-5-4-6-8-16/h4-10,13H,11-12H2,1-3H3,(H,19,21). The van der Waals surface area contributed by atoms with Gasteiger partial charge in [0.2, 0.25) is 0 Å². The molecule has 0 aliphatic rings. The Hall–Kier alpha value is -2.29. The van der Waals surface area contributed by atoms with Gasteiger partial charge in [-0.1, -0.05) is 35.9 Å². The zero-order valence-electron chi connectivity index (χ0n) is 12.9. The van der Waals surface area contributed by atoms with Crippen LogP contribution in [0.4, 0.5) is 5.69 Å². The van der Waals surface area contributed by atoms with Gasteiger partial charge in [-0.15, -0.1) is 0 Å². The number of rotatable bonds is 5. The first-order chi connectivity index (χ1) is 10.1. The number of amides is 1. The van der Waals surface area contributed by atoms with Crippen LogP contribution in [0.25, 0.3) is 0 Å². The van der Waals surface area contributed by atoms with Crippen LogP contribution in [0.3, 0.4) is 0 Å². The van der Waals surface area contributed by atoms with Crippen LogP contribution in [0.5, 0.6) is 0 Å². The average molecular weight is 282 g/mol. The van der Waals surface area contributed by atoms with Gasteiger partial charge in [0.1, 0.15) is 0 Å². The molecule has 0 aliphatic heterocycles. The predicted molar refractivity (Wildman–Crippen MR) is 88.0 cm³/mol. The van der Waals surface area contributed by atoms with Gasteiger partial charge in [-0.3, -0.25) is 4.79 Å². The molecule has 0 radical (unpaired) electrons. The molecule has 0 heterocycles. The maximum atomic E-state index is 12.2. The van der Waals surface area contributed by atoms with Crippen molar-refractivity contribution in [1.82, 2.24) is 5.32 Å². The predicted octanol–water partition coefficient (Wildman–Crippen LogP) is 3.17. The molecule has 3 nitrogen and oxygen atoms in total. The fourth-order valence-electron chi connectivity index (χ4n) is 2.31. The van der Waals surface area contributed by atoms with Crippen LogP contribution in [-0.2, 0) is 0 Å². The second-order valence-electron chi connectivity index (χ2n) is 5.33. The van der Waals surface area contributed by atoms with Crippen molar-refractivity contribution >= 4 is 11.6 Å². The zero-order chi connectivity index (χ0) is 15.2. The van der Waals surface area contributed by atoms with E-state index in [2.05, 4.69) is 22.3 Å². The van der Waals surface area contributed by atoms with Gasteiger partial charge in [0, 0.05) is 31.4 Å². The number of hydrogen-bond acceptors (Lipinski definition) is 2. The summed E-state index contributed by atoms with van der Waals surface area (Å²) in [7, 11) is 2.03. The highest BCUT2D eigenvalue weighted by Gasteiger charge is 2.08. The third-order valence-electron chi connectivity index (χ3n) is 3.56. The summed E-state index contributed by atoms with van der Waals surface area (Å²) in [5, 5.41) is 2.98. The molecule has 1 N–H and O–H groups in total. The summed E-state index contributed by atoms with van der Waals surface area (Å²) in [4.78, 5) is 14.3. The largest absolute Gasteiger partial charge is 0.373 e. The van der Waals surface area contributed by atoms with Gasteiger partial charge in [0.25, 0.3) is 5.91 Å².